The van der Waals surface area contributed by atoms with Crippen LogP contribution in [0.4, 0.5) is 10.2 Å². The van der Waals surface area contributed by atoms with Crippen molar-refractivity contribution in [1.82, 2.24) is 30.7 Å². The Bertz CT molecular complexity index is 956. The third-order valence-electron chi connectivity index (χ3n) is 3.69. The molecular weight excluding hydrogens is 313 g/mol. The van der Waals surface area contributed by atoms with Crippen molar-refractivity contribution >= 4 is 16.9 Å². The molecule has 3 heterocycles. The van der Waals surface area contributed by atoms with Gasteiger partial charge in [-0.3, -0.25) is 0 Å². The van der Waals surface area contributed by atoms with Gasteiger partial charge in [0.2, 0.25) is 5.82 Å². The number of fused-ring (bicyclic) bond motifs is 1. The maximum absolute atomic E-state index is 14.4. The number of hydrazine groups is 1. The third-order valence-corrected chi connectivity index (χ3v) is 3.69. The molecule has 0 saturated carbocycles. The van der Waals surface area contributed by atoms with Crippen molar-refractivity contribution in [1.29, 1.82) is 0 Å². The molecule has 0 atom stereocenters. The number of nitrogens with one attached hydrogen (secondary N) is 3. The highest BCUT2D eigenvalue weighted by Crippen LogP contribution is 2.29. The number of allylic oxidation sites excluding steroid dienone is 3. The molecule has 2 aromatic heterocycles. The summed E-state index contributed by atoms with van der Waals surface area (Å²) in [4.78, 5) is 4.52. The van der Waals surface area contributed by atoms with E-state index in [1.807, 2.05) is 12.2 Å². The van der Waals surface area contributed by atoms with Crippen LogP contribution in [0.15, 0.2) is 46.9 Å². The first-order chi connectivity index (χ1) is 11.8. The van der Waals surface area contributed by atoms with Gasteiger partial charge in [0.25, 0.3) is 0 Å². The number of halogens is 1. The maximum Gasteiger partial charge on any atom is 0.201 e. The van der Waals surface area contributed by atoms with E-state index in [9.17, 15) is 4.39 Å². The number of nitrogens with zero attached hydrogens (tertiary/aromatic N) is 4. The fraction of sp³-hybridized carbons (Fsp3) is 0.133. The van der Waals surface area contributed by atoms with Gasteiger partial charge in [-0.1, -0.05) is 6.07 Å². The number of aromatic nitrogens is 4. The Labute approximate surface area is 136 Å². The fourth-order valence-corrected chi connectivity index (χ4v) is 2.63. The lowest BCUT2D eigenvalue weighted by Gasteiger charge is -2.16. The number of imidazole rings is 1. The second-order valence-electron chi connectivity index (χ2n) is 5.16. The van der Waals surface area contributed by atoms with Crippen LogP contribution < -0.4 is 16.2 Å². The zero-order valence-electron chi connectivity index (χ0n) is 12.7. The quantitative estimate of drug-likeness (QED) is 0.672. The number of rotatable bonds is 4. The van der Waals surface area contributed by atoms with Gasteiger partial charge in [-0.2, -0.15) is 0 Å². The summed E-state index contributed by atoms with van der Waals surface area (Å²) in [5.41, 5.74) is 8.13. The van der Waals surface area contributed by atoms with Gasteiger partial charge < -0.3 is 20.7 Å². The van der Waals surface area contributed by atoms with Gasteiger partial charge in [-0.25, -0.2) is 14.0 Å². The van der Waals surface area contributed by atoms with Crippen molar-refractivity contribution in [3.8, 4) is 11.5 Å². The Morgan fingerprint density at radius 1 is 1.33 bits per heavy atom. The highest BCUT2D eigenvalue weighted by Gasteiger charge is 2.22. The van der Waals surface area contributed by atoms with Crippen LogP contribution in [0.25, 0.3) is 22.6 Å². The molecule has 4 rings (SSSR count). The van der Waals surface area contributed by atoms with Crippen molar-refractivity contribution in [2.75, 3.05) is 12.4 Å². The molecule has 3 N–H and O–H groups in total. The van der Waals surface area contributed by atoms with E-state index in [-0.39, 0.29) is 5.82 Å². The zero-order valence-corrected chi connectivity index (χ0v) is 12.7. The summed E-state index contributed by atoms with van der Waals surface area (Å²) >= 11 is 0. The molecule has 0 spiro atoms. The molecule has 1 aliphatic heterocycles. The van der Waals surface area contributed by atoms with Crippen LogP contribution in [-0.4, -0.2) is 26.9 Å². The van der Waals surface area contributed by atoms with Crippen LogP contribution in [0, 0.1) is 5.82 Å². The molecule has 0 unspecified atom stereocenters. The average molecular weight is 327 g/mol. The van der Waals surface area contributed by atoms with Gasteiger partial charge in [-0.05, 0) is 34.6 Å². The van der Waals surface area contributed by atoms with Crippen LogP contribution in [0.5, 0.6) is 0 Å². The van der Waals surface area contributed by atoms with Crippen molar-refractivity contribution in [2.45, 2.75) is 6.54 Å². The summed E-state index contributed by atoms with van der Waals surface area (Å²) < 4.78 is 21.0. The van der Waals surface area contributed by atoms with Crippen LogP contribution >= 0.6 is 0 Å². The van der Waals surface area contributed by atoms with Gasteiger partial charge >= 0.3 is 0 Å². The summed E-state index contributed by atoms with van der Waals surface area (Å²) in [6.45, 7) is 0.375. The molecule has 0 radical (unpaired) electrons. The van der Waals surface area contributed by atoms with Crippen LogP contribution in [0.3, 0.4) is 0 Å². The minimum absolute atomic E-state index is 0.353. The Hall–Kier alpha value is -3.36. The Morgan fingerprint density at radius 2 is 2.25 bits per heavy atom. The third kappa shape index (κ3) is 2.26. The van der Waals surface area contributed by atoms with E-state index in [2.05, 4.69) is 31.5 Å². The summed E-state index contributed by atoms with van der Waals surface area (Å²) in [5.74, 6) is 0.558. The van der Waals surface area contributed by atoms with Gasteiger partial charge in [0.1, 0.15) is 11.3 Å². The summed E-state index contributed by atoms with van der Waals surface area (Å²) in [7, 11) is 1.70. The van der Waals surface area contributed by atoms with Gasteiger partial charge in [0, 0.05) is 13.2 Å². The molecule has 3 aromatic rings. The molecule has 1 aromatic carbocycles. The first kappa shape index (κ1) is 14.2. The maximum atomic E-state index is 14.4. The van der Waals surface area contributed by atoms with Crippen molar-refractivity contribution in [2.24, 2.45) is 0 Å². The summed E-state index contributed by atoms with van der Waals surface area (Å²) in [5, 5.41) is 10.6. The van der Waals surface area contributed by atoms with Crippen molar-refractivity contribution < 1.29 is 9.02 Å². The number of para-hydroxylation sites is 1. The van der Waals surface area contributed by atoms with Gasteiger partial charge in [0.05, 0.1) is 17.8 Å². The molecule has 1 aliphatic rings. The molecule has 0 bridgehead atoms. The largest absolute Gasteiger partial charge is 0.368 e. The smallest absolute Gasteiger partial charge is 0.201 e. The minimum atomic E-state index is -0.353. The lowest BCUT2D eigenvalue weighted by Crippen LogP contribution is -2.30. The summed E-state index contributed by atoms with van der Waals surface area (Å²) in [6.07, 6.45) is 5.52. The Kier molecular flexibility index (Phi) is 3.38. The molecule has 122 valence electrons. The standard InChI is InChI=1S/C15H14FN7O/c1-17-14-12(21-24-22-14)15-19-11-6-2-5-10(16)13(11)23(15)8-9-4-3-7-18-20-9/h2-7,18,20H,8H2,1H3,(H,17,22). The van der Waals surface area contributed by atoms with Crippen LogP contribution in [0.1, 0.15) is 0 Å². The van der Waals surface area contributed by atoms with Crippen molar-refractivity contribution in [3.05, 3.63) is 48.1 Å². The van der Waals surface area contributed by atoms with E-state index >= 15 is 0 Å². The zero-order chi connectivity index (χ0) is 16.5. The van der Waals surface area contributed by atoms with E-state index < -0.39 is 0 Å². The SMILES string of the molecule is CNc1nonc1-c1nc2cccc(F)c2n1CC1=CC=CNN1. The van der Waals surface area contributed by atoms with Crippen molar-refractivity contribution in [3.63, 3.8) is 0 Å². The number of anilines is 1. The number of hydrogen-bond acceptors (Lipinski definition) is 7. The average Bonchev–Trinajstić information content (AvgIpc) is 3.21. The lowest BCUT2D eigenvalue weighted by molar-refractivity contribution is 0.310. The van der Waals surface area contributed by atoms with E-state index in [4.69, 9.17) is 4.63 Å². The first-order valence-corrected chi connectivity index (χ1v) is 7.30. The van der Waals surface area contributed by atoms with E-state index in [1.54, 1.807) is 29.9 Å². The molecular formula is C15H14FN7O. The van der Waals surface area contributed by atoms with E-state index in [0.29, 0.717) is 34.9 Å². The fourth-order valence-electron chi connectivity index (χ4n) is 2.63. The first-order valence-electron chi connectivity index (χ1n) is 7.30. The topological polar surface area (TPSA) is 92.8 Å². The number of hydrogen-bond donors (Lipinski definition) is 3. The predicted molar refractivity (Wildman–Crippen MR) is 86.0 cm³/mol. The number of benzene rings is 1. The predicted octanol–water partition coefficient (Wildman–Crippen LogP) is 1.77. The van der Waals surface area contributed by atoms with Gasteiger partial charge in [-0.15, -0.1) is 0 Å². The Balaban J connectivity index is 1.92. The lowest BCUT2D eigenvalue weighted by atomic mass is 10.3. The van der Waals surface area contributed by atoms with Gasteiger partial charge in [0.15, 0.2) is 11.5 Å². The molecule has 24 heavy (non-hydrogen) atoms. The Morgan fingerprint density at radius 3 is 3.04 bits per heavy atom. The van der Waals surface area contributed by atoms with E-state index in [1.165, 1.54) is 6.07 Å². The minimum Gasteiger partial charge on any atom is -0.368 e. The normalized spacial score (nSPS) is 13.5. The van der Waals surface area contributed by atoms with Crippen LogP contribution in [-0.2, 0) is 6.54 Å². The molecule has 8 nitrogen and oxygen atoms in total. The highest BCUT2D eigenvalue weighted by atomic mass is 19.1. The van der Waals surface area contributed by atoms with E-state index in [0.717, 1.165) is 5.70 Å². The second kappa shape index (κ2) is 5.69. The molecule has 0 amide bonds. The molecule has 0 fully saturated rings. The molecule has 0 aliphatic carbocycles. The second-order valence-corrected chi connectivity index (χ2v) is 5.16. The molecule has 0 saturated heterocycles. The summed E-state index contributed by atoms with van der Waals surface area (Å²) in [6, 6.07) is 4.79. The highest BCUT2D eigenvalue weighted by molar-refractivity contribution is 5.82. The van der Waals surface area contributed by atoms with Crippen LogP contribution in [0.2, 0.25) is 0 Å². The molecule has 9 heteroatoms. The monoisotopic (exact) mass is 327 g/mol.